The number of nitrogens with one attached hydrogen (secondary N) is 1. The zero-order chi connectivity index (χ0) is 17.1. The number of aromatic nitrogens is 1. The van der Waals surface area contributed by atoms with Crippen molar-refractivity contribution < 1.29 is 13.9 Å². The molecule has 4 rings (SSSR count). The molecule has 7 heteroatoms. The quantitative estimate of drug-likeness (QED) is 0.886. The van der Waals surface area contributed by atoms with Gasteiger partial charge in [0.15, 0.2) is 5.76 Å². The van der Waals surface area contributed by atoms with Crippen molar-refractivity contribution in [2.24, 2.45) is 0 Å². The zero-order valence-electron chi connectivity index (χ0n) is 14.6. The van der Waals surface area contributed by atoms with Crippen LogP contribution in [0.15, 0.2) is 35.2 Å². The Morgan fingerprint density at radius 2 is 2.15 bits per heavy atom. The van der Waals surface area contributed by atoms with Gasteiger partial charge in [0.2, 0.25) is 0 Å². The highest BCUT2D eigenvalue weighted by Gasteiger charge is 2.26. The van der Waals surface area contributed by atoms with E-state index >= 15 is 0 Å². The maximum absolute atomic E-state index is 12.1. The molecule has 0 spiro atoms. The van der Waals surface area contributed by atoms with Gasteiger partial charge in [0.1, 0.15) is 0 Å². The van der Waals surface area contributed by atoms with Gasteiger partial charge < -0.3 is 14.5 Å². The molecule has 4 heterocycles. The molecule has 0 atom stereocenters. The normalized spacial score (nSPS) is 18.0. The minimum Gasteiger partial charge on any atom is -0.459 e. The Labute approximate surface area is 159 Å². The summed E-state index contributed by atoms with van der Waals surface area (Å²) in [4.78, 5) is 19.0. The molecule has 1 amide bonds. The third-order valence-electron chi connectivity index (χ3n) is 5.15. The van der Waals surface area contributed by atoms with Gasteiger partial charge in [0.25, 0.3) is 5.91 Å². The number of carbonyl (C=O) groups is 1. The number of halogens is 1. The Morgan fingerprint density at radius 1 is 1.31 bits per heavy atom. The second-order valence-electron chi connectivity index (χ2n) is 6.66. The van der Waals surface area contributed by atoms with Crippen molar-refractivity contribution >= 4 is 18.3 Å². The molecule has 1 saturated heterocycles. The van der Waals surface area contributed by atoms with Gasteiger partial charge in [-0.05, 0) is 48.1 Å². The molecule has 6 nitrogen and oxygen atoms in total. The average molecular weight is 378 g/mol. The predicted molar refractivity (Wildman–Crippen MR) is 99.3 cm³/mol. The van der Waals surface area contributed by atoms with Gasteiger partial charge in [-0.3, -0.25) is 14.7 Å². The van der Waals surface area contributed by atoms with Crippen LogP contribution in [-0.2, 0) is 24.2 Å². The van der Waals surface area contributed by atoms with Crippen LogP contribution >= 0.6 is 12.4 Å². The molecule has 0 saturated carbocycles. The Bertz CT molecular complexity index is 730. The predicted octanol–water partition coefficient (Wildman–Crippen LogP) is 2.56. The number of hydrogen-bond donors (Lipinski definition) is 1. The molecule has 0 bridgehead atoms. The van der Waals surface area contributed by atoms with E-state index in [1.54, 1.807) is 12.1 Å². The Balaban J connectivity index is 0.00000196. The second-order valence-corrected chi connectivity index (χ2v) is 6.66. The summed E-state index contributed by atoms with van der Waals surface area (Å²) in [5.41, 5.74) is 3.71. The molecule has 26 heavy (non-hydrogen) atoms. The number of nitrogens with zero attached hydrogens (tertiary/aromatic N) is 2. The van der Waals surface area contributed by atoms with Crippen molar-refractivity contribution in [1.29, 1.82) is 0 Å². The van der Waals surface area contributed by atoms with Gasteiger partial charge in [-0.25, -0.2) is 0 Å². The van der Waals surface area contributed by atoms with E-state index in [9.17, 15) is 4.79 Å². The highest BCUT2D eigenvalue weighted by atomic mass is 35.5. The number of carbonyl (C=O) groups excluding carboxylic acids is 1. The molecule has 2 aromatic rings. The van der Waals surface area contributed by atoms with Crippen molar-refractivity contribution in [3.05, 3.63) is 53.2 Å². The first-order valence-electron chi connectivity index (χ1n) is 8.89. The van der Waals surface area contributed by atoms with E-state index in [0.717, 1.165) is 51.1 Å². The topological polar surface area (TPSA) is 67.6 Å². The Hall–Kier alpha value is -1.89. The molecular formula is C19H24ClN3O3. The zero-order valence-corrected chi connectivity index (χ0v) is 15.5. The number of furan rings is 1. The molecule has 140 valence electrons. The lowest BCUT2D eigenvalue weighted by Gasteiger charge is -2.37. The number of amides is 1. The van der Waals surface area contributed by atoms with Crippen LogP contribution in [0.1, 0.15) is 40.1 Å². The molecule has 1 N–H and O–H groups in total. The summed E-state index contributed by atoms with van der Waals surface area (Å²) in [6.07, 6.45) is 8.57. The summed E-state index contributed by atoms with van der Waals surface area (Å²) in [6.45, 7) is 4.21. The molecule has 2 aliphatic heterocycles. The van der Waals surface area contributed by atoms with E-state index in [-0.39, 0.29) is 18.3 Å². The fourth-order valence-corrected chi connectivity index (χ4v) is 3.77. The third kappa shape index (κ3) is 4.09. The van der Waals surface area contributed by atoms with Gasteiger partial charge in [-0.1, -0.05) is 0 Å². The van der Waals surface area contributed by atoms with Crippen molar-refractivity contribution in [1.82, 2.24) is 15.2 Å². The summed E-state index contributed by atoms with van der Waals surface area (Å²) in [5, 5.41) is 2.92. The van der Waals surface area contributed by atoms with Gasteiger partial charge >= 0.3 is 0 Å². The Morgan fingerprint density at radius 3 is 2.92 bits per heavy atom. The SMILES string of the molecule is Cl.O=C(NCc1cncc2c1CCN(C1CCOCC1)C2)c1ccco1. The van der Waals surface area contributed by atoms with Crippen LogP contribution in [0.5, 0.6) is 0 Å². The van der Waals surface area contributed by atoms with E-state index in [1.807, 2.05) is 12.4 Å². The average Bonchev–Trinajstić information content (AvgIpc) is 3.21. The molecule has 0 unspecified atom stereocenters. The maximum atomic E-state index is 12.1. The lowest BCUT2D eigenvalue weighted by Crippen LogP contribution is -2.42. The van der Waals surface area contributed by atoms with Crippen LogP contribution in [0.2, 0.25) is 0 Å². The fourth-order valence-electron chi connectivity index (χ4n) is 3.77. The highest BCUT2D eigenvalue weighted by Crippen LogP contribution is 2.26. The molecule has 0 aromatic carbocycles. The third-order valence-corrected chi connectivity index (χ3v) is 5.15. The van der Waals surface area contributed by atoms with Crippen LogP contribution in [0.3, 0.4) is 0 Å². The number of rotatable bonds is 4. The minimum atomic E-state index is -0.192. The highest BCUT2D eigenvalue weighted by molar-refractivity contribution is 5.91. The van der Waals surface area contributed by atoms with E-state index in [2.05, 4.69) is 15.2 Å². The molecule has 2 aliphatic rings. The van der Waals surface area contributed by atoms with Crippen molar-refractivity contribution in [3.8, 4) is 0 Å². The number of hydrogen-bond acceptors (Lipinski definition) is 5. The summed E-state index contributed by atoms with van der Waals surface area (Å²) in [7, 11) is 0. The lowest BCUT2D eigenvalue weighted by molar-refractivity contribution is 0.0289. The molecule has 2 aromatic heterocycles. The van der Waals surface area contributed by atoms with Crippen LogP contribution in [0.4, 0.5) is 0 Å². The second kappa shape index (κ2) is 8.66. The van der Waals surface area contributed by atoms with Crippen LogP contribution < -0.4 is 5.32 Å². The minimum absolute atomic E-state index is 0. The fraction of sp³-hybridized carbons (Fsp3) is 0.474. The summed E-state index contributed by atoms with van der Waals surface area (Å²) in [6, 6.07) is 4.00. The summed E-state index contributed by atoms with van der Waals surface area (Å²) in [5.74, 6) is 0.144. The van der Waals surface area contributed by atoms with Crippen molar-refractivity contribution in [3.63, 3.8) is 0 Å². The van der Waals surface area contributed by atoms with Crippen molar-refractivity contribution in [2.75, 3.05) is 19.8 Å². The first-order chi connectivity index (χ1) is 12.3. The maximum Gasteiger partial charge on any atom is 0.287 e. The first kappa shape index (κ1) is 18.9. The van der Waals surface area contributed by atoms with Crippen LogP contribution in [0.25, 0.3) is 0 Å². The van der Waals surface area contributed by atoms with Crippen LogP contribution in [0, 0.1) is 0 Å². The van der Waals surface area contributed by atoms with E-state index in [0.29, 0.717) is 18.3 Å². The Kier molecular flexibility index (Phi) is 6.29. The standard InChI is InChI=1S/C19H23N3O3.ClH/c23-19(18-2-1-7-25-18)21-12-14-10-20-11-15-13-22(6-3-17(14)15)16-4-8-24-9-5-16;/h1-2,7,10-11,16H,3-6,8-9,12-13H2,(H,21,23);1H. The molecule has 0 aliphatic carbocycles. The smallest absolute Gasteiger partial charge is 0.287 e. The van der Waals surface area contributed by atoms with Gasteiger partial charge in [0, 0.05) is 51.3 Å². The number of fused-ring (bicyclic) bond motifs is 1. The molecular weight excluding hydrogens is 354 g/mol. The number of ether oxygens (including phenoxy) is 1. The van der Waals surface area contributed by atoms with E-state index in [1.165, 1.54) is 17.4 Å². The first-order valence-corrected chi connectivity index (χ1v) is 8.89. The van der Waals surface area contributed by atoms with Gasteiger partial charge in [-0.15, -0.1) is 12.4 Å². The molecule has 1 fully saturated rings. The molecule has 0 radical (unpaired) electrons. The van der Waals surface area contributed by atoms with Gasteiger partial charge in [0.05, 0.1) is 6.26 Å². The van der Waals surface area contributed by atoms with Gasteiger partial charge in [-0.2, -0.15) is 0 Å². The lowest BCUT2D eigenvalue weighted by atomic mass is 9.94. The van der Waals surface area contributed by atoms with Crippen molar-refractivity contribution in [2.45, 2.75) is 38.4 Å². The van der Waals surface area contributed by atoms with E-state index < -0.39 is 0 Å². The summed E-state index contributed by atoms with van der Waals surface area (Å²) >= 11 is 0. The monoisotopic (exact) mass is 377 g/mol. The number of pyridine rings is 1. The largest absolute Gasteiger partial charge is 0.459 e. The van der Waals surface area contributed by atoms with E-state index in [4.69, 9.17) is 9.15 Å². The summed E-state index contributed by atoms with van der Waals surface area (Å²) < 4.78 is 10.6. The van der Waals surface area contributed by atoms with Crippen LogP contribution in [-0.4, -0.2) is 41.6 Å².